The number of rotatable bonds is 6. The Bertz CT molecular complexity index is 1160. The van der Waals surface area contributed by atoms with Gasteiger partial charge in [-0.05, 0) is 49.7 Å². The van der Waals surface area contributed by atoms with Gasteiger partial charge in [-0.25, -0.2) is 8.42 Å². The van der Waals surface area contributed by atoms with Crippen LogP contribution in [0.3, 0.4) is 0 Å². The monoisotopic (exact) mass is 442 g/mol. The van der Waals surface area contributed by atoms with Gasteiger partial charge >= 0.3 is 0 Å². The van der Waals surface area contributed by atoms with Crippen LogP contribution >= 0.6 is 11.6 Å². The third kappa shape index (κ3) is 5.20. The van der Waals surface area contributed by atoms with Crippen LogP contribution in [0.1, 0.15) is 27.0 Å². The van der Waals surface area contributed by atoms with Crippen LogP contribution in [0.15, 0.2) is 71.6 Å². The van der Waals surface area contributed by atoms with Crippen LogP contribution in [-0.2, 0) is 16.6 Å². The Balaban J connectivity index is 1.83. The molecule has 0 aliphatic rings. The second-order valence-electron chi connectivity index (χ2n) is 7.26. The largest absolute Gasteiger partial charge is 0.337 e. The van der Waals surface area contributed by atoms with Gasteiger partial charge in [-0.1, -0.05) is 59.1 Å². The van der Waals surface area contributed by atoms with Gasteiger partial charge in [-0.15, -0.1) is 0 Å². The summed E-state index contributed by atoms with van der Waals surface area (Å²) in [5, 5.41) is 0.0485. The third-order valence-electron chi connectivity index (χ3n) is 4.66. The summed E-state index contributed by atoms with van der Waals surface area (Å²) in [6.07, 6.45) is 0. The topological polar surface area (TPSA) is 66.5 Å². The van der Waals surface area contributed by atoms with Gasteiger partial charge in [0, 0.05) is 24.8 Å². The second-order valence-corrected chi connectivity index (χ2v) is 9.32. The molecule has 0 saturated heterocycles. The van der Waals surface area contributed by atoms with E-state index in [-0.39, 0.29) is 21.4 Å². The van der Waals surface area contributed by atoms with E-state index in [2.05, 4.69) is 4.72 Å². The molecule has 0 aliphatic heterocycles. The Morgan fingerprint density at radius 1 is 0.933 bits per heavy atom. The SMILES string of the molecule is Cc1ccc(CN(C)C(=O)c2ccc(Cl)c(S(=O)(=O)Nc3ccc(C)cc3)c2)cc1. The molecule has 0 aliphatic carbocycles. The number of nitrogens with one attached hydrogen (secondary N) is 1. The summed E-state index contributed by atoms with van der Waals surface area (Å²) >= 11 is 6.16. The zero-order valence-electron chi connectivity index (χ0n) is 17.0. The van der Waals surface area contributed by atoms with Crippen molar-refractivity contribution in [3.05, 3.63) is 94.0 Å². The van der Waals surface area contributed by atoms with Crippen LogP contribution in [0.25, 0.3) is 0 Å². The summed E-state index contributed by atoms with van der Waals surface area (Å²) in [6, 6.07) is 19.1. The molecule has 5 nitrogen and oxygen atoms in total. The highest BCUT2D eigenvalue weighted by Crippen LogP contribution is 2.26. The van der Waals surface area contributed by atoms with Crippen molar-refractivity contribution in [1.29, 1.82) is 0 Å². The number of aryl methyl sites for hydroxylation is 2. The molecule has 3 rings (SSSR count). The lowest BCUT2D eigenvalue weighted by atomic mass is 10.1. The summed E-state index contributed by atoms with van der Waals surface area (Å²) in [5.41, 5.74) is 3.81. The number of amides is 1. The molecule has 3 aromatic carbocycles. The van der Waals surface area contributed by atoms with Crippen LogP contribution < -0.4 is 4.72 Å². The first kappa shape index (κ1) is 21.9. The minimum atomic E-state index is -3.95. The van der Waals surface area contributed by atoms with Crippen LogP contribution in [-0.4, -0.2) is 26.3 Å². The first-order valence-electron chi connectivity index (χ1n) is 9.36. The van der Waals surface area contributed by atoms with E-state index in [9.17, 15) is 13.2 Å². The number of hydrogen-bond acceptors (Lipinski definition) is 3. The third-order valence-corrected chi connectivity index (χ3v) is 6.52. The molecule has 30 heavy (non-hydrogen) atoms. The number of carbonyl (C=O) groups excluding carboxylic acids is 1. The quantitative estimate of drug-likeness (QED) is 0.582. The van der Waals surface area contributed by atoms with E-state index in [4.69, 9.17) is 11.6 Å². The molecule has 7 heteroatoms. The first-order valence-corrected chi connectivity index (χ1v) is 11.2. The van der Waals surface area contributed by atoms with Gasteiger partial charge in [-0.2, -0.15) is 0 Å². The van der Waals surface area contributed by atoms with Crippen molar-refractivity contribution in [1.82, 2.24) is 4.90 Å². The number of carbonyl (C=O) groups is 1. The molecule has 0 saturated carbocycles. The van der Waals surface area contributed by atoms with E-state index < -0.39 is 10.0 Å². The molecular weight excluding hydrogens is 420 g/mol. The van der Waals surface area contributed by atoms with E-state index in [0.717, 1.165) is 16.7 Å². The number of sulfonamides is 1. The van der Waals surface area contributed by atoms with Crippen molar-refractivity contribution in [3.8, 4) is 0 Å². The number of benzene rings is 3. The van der Waals surface area contributed by atoms with Crippen LogP contribution in [0.4, 0.5) is 5.69 Å². The number of halogens is 1. The Morgan fingerprint density at radius 2 is 1.50 bits per heavy atom. The number of nitrogens with zero attached hydrogens (tertiary/aromatic N) is 1. The fourth-order valence-electron chi connectivity index (χ4n) is 2.93. The van der Waals surface area contributed by atoms with Gasteiger partial charge in [0.15, 0.2) is 0 Å². The van der Waals surface area contributed by atoms with Gasteiger partial charge in [-0.3, -0.25) is 9.52 Å². The smallest absolute Gasteiger partial charge is 0.263 e. The molecular formula is C23H23ClN2O3S. The molecule has 1 N–H and O–H groups in total. The van der Waals surface area contributed by atoms with Crippen LogP contribution in [0.2, 0.25) is 5.02 Å². The first-order chi connectivity index (χ1) is 14.2. The van der Waals surface area contributed by atoms with Crippen LogP contribution in [0, 0.1) is 13.8 Å². The summed E-state index contributed by atoms with van der Waals surface area (Å²) in [5.74, 6) is -0.293. The predicted molar refractivity (Wildman–Crippen MR) is 120 cm³/mol. The molecule has 0 aromatic heterocycles. The van der Waals surface area contributed by atoms with Crippen molar-refractivity contribution in [2.24, 2.45) is 0 Å². The minimum Gasteiger partial charge on any atom is -0.337 e. The van der Waals surface area contributed by atoms with Gasteiger partial charge < -0.3 is 4.90 Å². The Hall–Kier alpha value is -2.83. The van der Waals surface area contributed by atoms with E-state index in [0.29, 0.717) is 12.2 Å². The molecule has 1 amide bonds. The average Bonchev–Trinajstić information content (AvgIpc) is 2.71. The maximum atomic E-state index is 12.9. The van der Waals surface area contributed by atoms with Crippen molar-refractivity contribution < 1.29 is 13.2 Å². The van der Waals surface area contributed by atoms with E-state index in [1.54, 1.807) is 31.3 Å². The lowest BCUT2D eigenvalue weighted by molar-refractivity contribution is 0.0785. The van der Waals surface area contributed by atoms with Crippen molar-refractivity contribution in [2.45, 2.75) is 25.3 Å². The second kappa shape index (κ2) is 8.90. The van der Waals surface area contributed by atoms with Crippen LogP contribution in [0.5, 0.6) is 0 Å². The Kier molecular flexibility index (Phi) is 6.48. The number of anilines is 1. The van der Waals surface area contributed by atoms with Crippen molar-refractivity contribution in [2.75, 3.05) is 11.8 Å². The molecule has 3 aromatic rings. The Morgan fingerprint density at radius 3 is 2.10 bits per heavy atom. The highest BCUT2D eigenvalue weighted by Gasteiger charge is 2.22. The zero-order chi connectivity index (χ0) is 21.9. The summed E-state index contributed by atoms with van der Waals surface area (Å²) in [4.78, 5) is 14.3. The summed E-state index contributed by atoms with van der Waals surface area (Å²) in [6.45, 7) is 4.32. The predicted octanol–water partition coefficient (Wildman–Crippen LogP) is 5.03. The normalized spacial score (nSPS) is 11.2. The van der Waals surface area contributed by atoms with Crippen molar-refractivity contribution >= 4 is 33.2 Å². The fourth-order valence-corrected chi connectivity index (χ4v) is 4.52. The van der Waals surface area contributed by atoms with E-state index >= 15 is 0 Å². The molecule has 0 heterocycles. The molecule has 0 radical (unpaired) electrons. The lowest BCUT2D eigenvalue weighted by Gasteiger charge is -2.18. The molecule has 0 bridgehead atoms. The summed E-state index contributed by atoms with van der Waals surface area (Å²) in [7, 11) is -2.28. The Labute approximate surface area is 182 Å². The standard InChI is InChI=1S/C23H23ClN2O3S/c1-16-4-8-18(9-5-16)15-26(3)23(27)19-10-13-21(24)22(14-19)30(28,29)25-20-11-6-17(2)7-12-20/h4-14,25H,15H2,1-3H3. The molecule has 0 fully saturated rings. The highest BCUT2D eigenvalue weighted by atomic mass is 35.5. The van der Waals surface area contributed by atoms with Crippen molar-refractivity contribution in [3.63, 3.8) is 0 Å². The van der Waals surface area contributed by atoms with E-state index in [1.807, 2.05) is 38.1 Å². The minimum absolute atomic E-state index is 0.0485. The van der Waals surface area contributed by atoms with Gasteiger partial charge in [0.2, 0.25) is 0 Å². The van der Waals surface area contributed by atoms with Gasteiger partial charge in [0.1, 0.15) is 4.90 Å². The highest BCUT2D eigenvalue weighted by molar-refractivity contribution is 7.92. The molecule has 0 unspecified atom stereocenters. The maximum Gasteiger partial charge on any atom is 0.263 e. The fraction of sp³-hybridized carbons (Fsp3) is 0.174. The molecule has 156 valence electrons. The lowest BCUT2D eigenvalue weighted by Crippen LogP contribution is -2.26. The molecule has 0 spiro atoms. The summed E-state index contributed by atoms with van der Waals surface area (Å²) < 4.78 is 28.2. The number of hydrogen-bond donors (Lipinski definition) is 1. The molecule has 0 atom stereocenters. The zero-order valence-corrected chi connectivity index (χ0v) is 18.6. The van der Waals surface area contributed by atoms with E-state index in [1.165, 1.54) is 23.1 Å². The van der Waals surface area contributed by atoms with Gasteiger partial charge in [0.25, 0.3) is 15.9 Å². The van der Waals surface area contributed by atoms with Gasteiger partial charge in [0.05, 0.1) is 5.02 Å². The average molecular weight is 443 g/mol. The maximum absolute atomic E-state index is 12.9.